The van der Waals surface area contributed by atoms with Crippen LogP contribution in [-0.2, 0) is 6.54 Å². The van der Waals surface area contributed by atoms with Gasteiger partial charge >= 0.3 is 0 Å². The van der Waals surface area contributed by atoms with Crippen molar-refractivity contribution in [1.82, 2.24) is 15.1 Å². The van der Waals surface area contributed by atoms with E-state index in [2.05, 4.69) is 43.6 Å². The standard InChI is InChI=1S/C12H23N3S/c1-5-15-9-12(8-14-15)11(3)13-7-6-10(2)16-4/h8-11,13H,5-7H2,1-4H3. The molecule has 0 aliphatic carbocycles. The van der Waals surface area contributed by atoms with Crippen LogP contribution in [0.4, 0.5) is 0 Å². The number of nitrogens with zero attached hydrogens (tertiary/aromatic N) is 2. The third-order valence-electron chi connectivity index (χ3n) is 2.88. The van der Waals surface area contributed by atoms with Crippen molar-refractivity contribution in [2.45, 2.75) is 45.0 Å². The second-order valence-electron chi connectivity index (χ2n) is 4.14. The molecular weight excluding hydrogens is 218 g/mol. The SMILES string of the molecule is CCn1cc(C(C)NCCC(C)SC)cn1. The highest BCUT2D eigenvalue weighted by Crippen LogP contribution is 2.12. The molecule has 0 bridgehead atoms. The average molecular weight is 241 g/mol. The Hall–Kier alpha value is -0.480. The zero-order valence-electron chi connectivity index (χ0n) is 10.7. The van der Waals surface area contributed by atoms with Crippen molar-refractivity contribution in [1.29, 1.82) is 0 Å². The van der Waals surface area contributed by atoms with Crippen LogP contribution in [0.2, 0.25) is 0 Å². The molecule has 0 aliphatic rings. The monoisotopic (exact) mass is 241 g/mol. The third kappa shape index (κ3) is 4.18. The number of thioether (sulfide) groups is 1. The predicted molar refractivity (Wildman–Crippen MR) is 71.9 cm³/mol. The number of nitrogens with one attached hydrogen (secondary N) is 1. The van der Waals surface area contributed by atoms with E-state index in [0.717, 1.165) is 18.3 Å². The van der Waals surface area contributed by atoms with Crippen LogP contribution in [0, 0.1) is 0 Å². The second kappa shape index (κ2) is 6.97. The number of aromatic nitrogens is 2. The molecule has 0 aromatic carbocycles. The Morgan fingerprint density at radius 1 is 1.50 bits per heavy atom. The van der Waals surface area contributed by atoms with Crippen molar-refractivity contribution in [3.05, 3.63) is 18.0 Å². The lowest BCUT2D eigenvalue weighted by Crippen LogP contribution is -2.21. The smallest absolute Gasteiger partial charge is 0.0537 e. The number of aryl methyl sites for hydroxylation is 1. The van der Waals surface area contributed by atoms with Gasteiger partial charge in [-0.05, 0) is 33.1 Å². The molecule has 0 amide bonds. The first-order valence-corrected chi connectivity index (χ1v) is 7.24. The van der Waals surface area contributed by atoms with E-state index in [1.807, 2.05) is 22.6 Å². The van der Waals surface area contributed by atoms with E-state index in [-0.39, 0.29) is 0 Å². The van der Waals surface area contributed by atoms with Crippen LogP contribution in [0.3, 0.4) is 0 Å². The van der Waals surface area contributed by atoms with Gasteiger partial charge in [-0.3, -0.25) is 4.68 Å². The minimum absolute atomic E-state index is 0.398. The Morgan fingerprint density at radius 2 is 2.25 bits per heavy atom. The molecule has 0 spiro atoms. The first-order chi connectivity index (χ1) is 7.67. The Kier molecular flexibility index (Phi) is 5.91. The minimum atomic E-state index is 0.398. The molecule has 1 N–H and O–H groups in total. The van der Waals surface area contributed by atoms with Crippen LogP contribution in [0.15, 0.2) is 12.4 Å². The van der Waals surface area contributed by atoms with Crippen molar-refractivity contribution in [2.75, 3.05) is 12.8 Å². The highest BCUT2D eigenvalue weighted by atomic mass is 32.2. The maximum atomic E-state index is 4.29. The van der Waals surface area contributed by atoms with E-state index < -0.39 is 0 Å². The fourth-order valence-electron chi connectivity index (χ4n) is 1.51. The van der Waals surface area contributed by atoms with Gasteiger partial charge in [0.2, 0.25) is 0 Å². The van der Waals surface area contributed by atoms with Gasteiger partial charge in [-0.2, -0.15) is 16.9 Å². The summed E-state index contributed by atoms with van der Waals surface area (Å²) in [6, 6.07) is 0.398. The third-order valence-corrected chi connectivity index (χ3v) is 3.92. The zero-order valence-corrected chi connectivity index (χ0v) is 11.5. The van der Waals surface area contributed by atoms with Gasteiger partial charge in [0.25, 0.3) is 0 Å². The molecule has 1 aromatic heterocycles. The number of hydrogen-bond donors (Lipinski definition) is 1. The number of hydrogen-bond acceptors (Lipinski definition) is 3. The van der Waals surface area contributed by atoms with Crippen molar-refractivity contribution >= 4 is 11.8 Å². The lowest BCUT2D eigenvalue weighted by molar-refractivity contribution is 0.556. The molecule has 0 saturated carbocycles. The minimum Gasteiger partial charge on any atom is -0.310 e. The molecular formula is C12H23N3S. The lowest BCUT2D eigenvalue weighted by atomic mass is 10.2. The molecule has 0 radical (unpaired) electrons. The van der Waals surface area contributed by atoms with Gasteiger partial charge in [0, 0.05) is 29.6 Å². The van der Waals surface area contributed by atoms with Crippen molar-refractivity contribution in [3.8, 4) is 0 Å². The largest absolute Gasteiger partial charge is 0.310 e. The van der Waals surface area contributed by atoms with E-state index >= 15 is 0 Å². The summed E-state index contributed by atoms with van der Waals surface area (Å²) in [5.74, 6) is 0. The summed E-state index contributed by atoms with van der Waals surface area (Å²) < 4.78 is 1.97. The Labute approximate surface area is 103 Å². The maximum absolute atomic E-state index is 4.29. The van der Waals surface area contributed by atoms with Gasteiger partial charge in [-0.15, -0.1) is 0 Å². The highest BCUT2D eigenvalue weighted by molar-refractivity contribution is 7.99. The van der Waals surface area contributed by atoms with Gasteiger partial charge in [0.05, 0.1) is 6.20 Å². The fourth-order valence-corrected chi connectivity index (χ4v) is 1.87. The number of rotatable bonds is 7. The summed E-state index contributed by atoms with van der Waals surface area (Å²) in [6.07, 6.45) is 7.46. The molecule has 2 unspecified atom stereocenters. The molecule has 92 valence electrons. The zero-order chi connectivity index (χ0) is 12.0. The summed E-state index contributed by atoms with van der Waals surface area (Å²) in [5, 5.41) is 8.56. The van der Waals surface area contributed by atoms with E-state index in [4.69, 9.17) is 0 Å². The maximum Gasteiger partial charge on any atom is 0.0537 e. The normalized spacial score (nSPS) is 15.0. The quantitative estimate of drug-likeness (QED) is 0.796. The molecule has 1 heterocycles. The molecule has 2 atom stereocenters. The molecule has 3 nitrogen and oxygen atoms in total. The van der Waals surface area contributed by atoms with Gasteiger partial charge in [-0.25, -0.2) is 0 Å². The predicted octanol–water partition coefficient (Wildman–Crippen LogP) is 2.70. The fraction of sp³-hybridized carbons (Fsp3) is 0.750. The summed E-state index contributed by atoms with van der Waals surface area (Å²) >= 11 is 1.92. The summed E-state index contributed by atoms with van der Waals surface area (Å²) in [6.45, 7) is 8.58. The Morgan fingerprint density at radius 3 is 2.81 bits per heavy atom. The van der Waals surface area contributed by atoms with Gasteiger partial charge < -0.3 is 5.32 Å². The van der Waals surface area contributed by atoms with Crippen LogP contribution < -0.4 is 5.32 Å². The summed E-state index contributed by atoms with van der Waals surface area (Å²) in [7, 11) is 0. The Balaban J connectivity index is 2.31. The average Bonchev–Trinajstić information content (AvgIpc) is 2.77. The first-order valence-electron chi connectivity index (χ1n) is 5.95. The molecule has 4 heteroatoms. The van der Waals surface area contributed by atoms with Gasteiger partial charge in [0.15, 0.2) is 0 Å². The van der Waals surface area contributed by atoms with Crippen molar-refractivity contribution in [3.63, 3.8) is 0 Å². The molecule has 1 aromatic rings. The molecule has 0 aliphatic heterocycles. The van der Waals surface area contributed by atoms with Crippen molar-refractivity contribution in [2.24, 2.45) is 0 Å². The van der Waals surface area contributed by atoms with E-state index in [9.17, 15) is 0 Å². The van der Waals surface area contributed by atoms with Crippen LogP contribution in [0.5, 0.6) is 0 Å². The van der Waals surface area contributed by atoms with Crippen LogP contribution in [0.25, 0.3) is 0 Å². The second-order valence-corrected chi connectivity index (χ2v) is 5.42. The van der Waals surface area contributed by atoms with Crippen LogP contribution in [-0.4, -0.2) is 27.8 Å². The van der Waals surface area contributed by atoms with Gasteiger partial charge in [-0.1, -0.05) is 6.92 Å². The summed E-state index contributed by atoms with van der Waals surface area (Å²) in [4.78, 5) is 0. The topological polar surface area (TPSA) is 29.9 Å². The van der Waals surface area contributed by atoms with E-state index in [1.54, 1.807) is 0 Å². The van der Waals surface area contributed by atoms with Crippen molar-refractivity contribution < 1.29 is 0 Å². The van der Waals surface area contributed by atoms with E-state index in [0.29, 0.717) is 6.04 Å². The van der Waals surface area contributed by atoms with Crippen LogP contribution in [0.1, 0.15) is 38.8 Å². The molecule has 1 rings (SSSR count). The molecule has 0 fully saturated rings. The first kappa shape index (κ1) is 13.6. The van der Waals surface area contributed by atoms with Gasteiger partial charge in [0.1, 0.15) is 0 Å². The lowest BCUT2D eigenvalue weighted by Gasteiger charge is -2.13. The molecule has 16 heavy (non-hydrogen) atoms. The van der Waals surface area contributed by atoms with E-state index in [1.165, 1.54) is 12.0 Å². The highest BCUT2D eigenvalue weighted by Gasteiger charge is 2.07. The Bertz CT molecular complexity index is 298. The summed E-state index contributed by atoms with van der Waals surface area (Å²) in [5.41, 5.74) is 1.28. The molecule has 0 saturated heterocycles. The van der Waals surface area contributed by atoms with Crippen LogP contribution >= 0.6 is 11.8 Å².